The lowest BCUT2D eigenvalue weighted by atomic mass is 10.4. The van der Waals surface area contributed by atoms with Crippen molar-refractivity contribution in [1.82, 2.24) is 0 Å². The van der Waals surface area contributed by atoms with Gasteiger partial charge < -0.3 is 13.6 Å². The van der Waals surface area contributed by atoms with E-state index in [4.69, 9.17) is 83.2 Å². The van der Waals surface area contributed by atoms with Crippen molar-refractivity contribution in [2.24, 2.45) is 0 Å². The number of halogens is 6. The summed E-state index contributed by atoms with van der Waals surface area (Å²) in [6.07, 6.45) is 0.488. The van der Waals surface area contributed by atoms with Crippen molar-refractivity contribution in [2.45, 2.75) is 33.5 Å². The van der Waals surface area contributed by atoms with Crippen molar-refractivity contribution in [2.75, 3.05) is 19.8 Å². The van der Waals surface area contributed by atoms with E-state index >= 15 is 0 Å². The minimum atomic E-state index is -2.79. The molecule has 4 nitrogen and oxygen atoms in total. The van der Waals surface area contributed by atoms with E-state index in [9.17, 15) is 4.79 Å². The first-order valence-electron chi connectivity index (χ1n) is 6.48. The van der Waals surface area contributed by atoms with Crippen LogP contribution in [0.15, 0.2) is 12.2 Å². The number of alkyl halides is 6. The average Bonchev–Trinajstić information content (AvgIpc) is 2.37. The third-order valence-corrected chi connectivity index (χ3v) is 5.87. The Bertz CT molecular complexity index is 389. The van der Waals surface area contributed by atoms with Crippen LogP contribution < -0.4 is 0 Å². The lowest BCUT2D eigenvalue weighted by Gasteiger charge is -2.30. The molecular weight excluding hydrogens is 449 g/mol. The van der Waals surface area contributed by atoms with Crippen molar-refractivity contribution >= 4 is 84.1 Å². The largest absolute Gasteiger partial charge is 0.462 e. The fourth-order valence-corrected chi connectivity index (χ4v) is 4.41. The van der Waals surface area contributed by atoms with Gasteiger partial charge in [0.15, 0.2) is 0 Å². The smallest absolute Gasteiger partial charge is 0.335 e. The molecule has 0 spiro atoms. The first-order chi connectivity index (χ1) is 10.2. The lowest BCUT2D eigenvalue weighted by Crippen LogP contribution is -2.43. The maximum absolute atomic E-state index is 11.3. The zero-order chi connectivity index (χ0) is 18.3. The molecule has 0 fully saturated rings. The van der Waals surface area contributed by atoms with Crippen LogP contribution in [0.3, 0.4) is 0 Å². The Morgan fingerprint density at radius 2 is 1.48 bits per heavy atom. The van der Waals surface area contributed by atoms with Gasteiger partial charge in [-0.15, -0.1) is 0 Å². The van der Waals surface area contributed by atoms with E-state index < -0.39 is 22.1 Å². The first-order valence-corrected chi connectivity index (χ1v) is 11.3. The minimum absolute atomic E-state index is 0.161. The Labute approximate surface area is 167 Å². The monoisotopic (exact) mass is 464 g/mol. The summed E-state index contributed by atoms with van der Waals surface area (Å²) in [6, 6.07) is 0.456. The van der Waals surface area contributed by atoms with Crippen LogP contribution >= 0.6 is 69.6 Å². The van der Waals surface area contributed by atoms with Gasteiger partial charge >= 0.3 is 14.5 Å². The quantitative estimate of drug-likeness (QED) is 0.151. The van der Waals surface area contributed by atoms with Crippen molar-refractivity contribution < 1.29 is 18.4 Å². The molecule has 0 saturated carbocycles. The molecule has 0 atom stereocenters. The van der Waals surface area contributed by atoms with Gasteiger partial charge in [-0.1, -0.05) is 76.2 Å². The van der Waals surface area contributed by atoms with Gasteiger partial charge in [0.25, 0.3) is 0 Å². The molecule has 0 aliphatic heterocycles. The normalized spacial score (nSPS) is 13.0. The minimum Gasteiger partial charge on any atom is -0.462 e. The molecule has 0 aromatic carbocycles. The molecule has 0 aliphatic rings. The summed E-state index contributed by atoms with van der Waals surface area (Å²) in [6.45, 7) is 6.67. The summed E-state index contributed by atoms with van der Waals surface area (Å²) in [7, 11) is -2.79. The standard InChI is InChI=1S/C12H18Cl6O4Si/c1-9(2)10(19)20-5-4-6-23(3,21-7-11(13,14)15)22-8-12(16,17)18/h1,4-8H2,2-3H3. The highest BCUT2D eigenvalue weighted by molar-refractivity contribution is 6.70. The van der Waals surface area contributed by atoms with E-state index in [0.29, 0.717) is 18.0 Å². The molecule has 0 radical (unpaired) electrons. The number of esters is 1. The Kier molecular flexibility index (Phi) is 10.8. The van der Waals surface area contributed by atoms with Gasteiger partial charge in [0.1, 0.15) is 0 Å². The Morgan fingerprint density at radius 1 is 1.04 bits per heavy atom. The summed E-state index contributed by atoms with van der Waals surface area (Å²) in [5.74, 6) is -0.460. The van der Waals surface area contributed by atoms with Gasteiger partial charge in [-0.3, -0.25) is 0 Å². The fourth-order valence-electron chi connectivity index (χ4n) is 1.34. The highest BCUT2D eigenvalue weighted by atomic mass is 35.6. The zero-order valence-electron chi connectivity index (χ0n) is 12.6. The number of hydrogen-bond acceptors (Lipinski definition) is 4. The molecule has 0 aromatic heterocycles. The van der Waals surface area contributed by atoms with Crippen LogP contribution in [0.5, 0.6) is 0 Å². The molecule has 0 saturated heterocycles. The van der Waals surface area contributed by atoms with Gasteiger partial charge in [0.05, 0.1) is 19.8 Å². The van der Waals surface area contributed by atoms with Crippen LogP contribution in [0.25, 0.3) is 0 Å². The molecule has 0 aliphatic carbocycles. The first kappa shape index (κ1) is 24.1. The maximum atomic E-state index is 11.3. The molecule has 0 N–H and O–H groups in total. The summed E-state index contributed by atoms with van der Waals surface area (Å²) < 4.78 is 13.1. The van der Waals surface area contributed by atoms with Crippen LogP contribution in [0.4, 0.5) is 0 Å². The molecule has 0 aromatic rings. The molecule has 0 amide bonds. The molecule has 0 heterocycles. The van der Waals surface area contributed by atoms with E-state index in [1.807, 2.05) is 0 Å². The highest BCUT2D eigenvalue weighted by Crippen LogP contribution is 2.31. The van der Waals surface area contributed by atoms with E-state index in [2.05, 4.69) is 6.58 Å². The van der Waals surface area contributed by atoms with E-state index in [1.54, 1.807) is 13.5 Å². The van der Waals surface area contributed by atoms with Gasteiger partial charge in [-0.05, 0) is 25.9 Å². The molecule has 0 bridgehead atoms. The summed E-state index contributed by atoms with van der Waals surface area (Å²) in [5, 5.41) is 0. The van der Waals surface area contributed by atoms with Crippen molar-refractivity contribution in [3.8, 4) is 0 Å². The van der Waals surface area contributed by atoms with Crippen molar-refractivity contribution in [3.05, 3.63) is 12.2 Å². The third-order valence-electron chi connectivity index (χ3n) is 2.44. The van der Waals surface area contributed by atoms with Crippen molar-refractivity contribution in [1.29, 1.82) is 0 Å². The van der Waals surface area contributed by atoms with Crippen LogP contribution in [0.2, 0.25) is 12.6 Å². The maximum Gasteiger partial charge on any atom is 0.335 e. The van der Waals surface area contributed by atoms with Gasteiger partial charge in [-0.2, -0.15) is 0 Å². The average molecular weight is 467 g/mol. The summed E-state index contributed by atoms with van der Waals surface area (Å²) in [5.41, 5.74) is 0.324. The van der Waals surface area contributed by atoms with Gasteiger partial charge in [-0.25, -0.2) is 4.79 Å². The zero-order valence-corrected chi connectivity index (χ0v) is 18.2. The Hall–Kier alpha value is 1.09. The van der Waals surface area contributed by atoms with Crippen LogP contribution in [-0.2, 0) is 18.4 Å². The van der Waals surface area contributed by atoms with Crippen LogP contribution in [0, 0.1) is 0 Å². The van der Waals surface area contributed by atoms with Crippen LogP contribution in [0.1, 0.15) is 13.3 Å². The second-order valence-electron chi connectivity index (χ2n) is 4.96. The summed E-state index contributed by atoms with van der Waals surface area (Å²) >= 11 is 34.1. The number of carbonyl (C=O) groups is 1. The van der Waals surface area contributed by atoms with Gasteiger partial charge in [0, 0.05) is 5.57 Å². The second kappa shape index (κ2) is 10.3. The van der Waals surface area contributed by atoms with Crippen molar-refractivity contribution in [3.63, 3.8) is 0 Å². The molecular formula is C12H18Cl6O4Si. The van der Waals surface area contributed by atoms with Crippen LogP contribution in [-0.4, -0.2) is 41.9 Å². The molecule has 23 heavy (non-hydrogen) atoms. The SMILES string of the molecule is C=C(C)C(=O)OCCC[Si](C)(OCC(Cl)(Cl)Cl)OCC(Cl)(Cl)Cl. The number of ether oxygens (including phenoxy) is 1. The number of hydrogen-bond donors (Lipinski definition) is 0. The van der Waals surface area contributed by atoms with E-state index in [-0.39, 0.29) is 19.8 Å². The third kappa shape index (κ3) is 14.0. The lowest BCUT2D eigenvalue weighted by molar-refractivity contribution is -0.138. The molecule has 11 heteroatoms. The molecule has 0 rings (SSSR count). The highest BCUT2D eigenvalue weighted by Gasteiger charge is 2.37. The topological polar surface area (TPSA) is 44.8 Å². The predicted octanol–water partition coefficient (Wildman–Crippen LogP) is 5.34. The predicted molar refractivity (Wildman–Crippen MR) is 99.3 cm³/mol. The number of carbonyl (C=O) groups excluding carboxylic acids is 1. The summed E-state index contributed by atoms with van der Waals surface area (Å²) in [4.78, 5) is 11.3. The van der Waals surface area contributed by atoms with E-state index in [1.165, 1.54) is 0 Å². The fraction of sp³-hybridized carbons (Fsp3) is 0.750. The van der Waals surface area contributed by atoms with E-state index in [0.717, 1.165) is 0 Å². The Balaban J connectivity index is 4.52. The molecule has 136 valence electrons. The van der Waals surface area contributed by atoms with Gasteiger partial charge in [0.2, 0.25) is 7.59 Å². The Morgan fingerprint density at radius 3 is 1.83 bits per heavy atom. The number of rotatable bonds is 9. The second-order valence-corrected chi connectivity index (χ2v) is 13.3. The molecule has 0 unspecified atom stereocenters.